The van der Waals surface area contributed by atoms with Crippen molar-refractivity contribution in [1.82, 2.24) is 9.13 Å². The third kappa shape index (κ3) is 3.57. The highest BCUT2D eigenvalue weighted by molar-refractivity contribution is 6.27. The van der Waals surface area contributed by atoms with E-state index in [9.17, 15) is 5.26 Å². The second-order valence-electron chi connectivity index (χ2n) is 12.0. The van der Waals surface area contributed by atoms with E-state index in [-0.39, 0.29) is 0 Å². The molecule has 0 radical (unpaired) electrons. The van der Waals surface area contributed by atoms with Crippen LogP contribution in [0.3, 0.4) is 0 Å². The molecule has 218 valence electrons. The average Bonchev–Trinajstić information content (AvgIpc) is 3.79. The Labute approximate surface area is 269 Å². The number of nitriles is 1. The van der Waals surface area contributed by atoms with Gasteiger partial charge in [0.15, 0.2) is 0 Å². The number of rotatable bonds is 3. The van der Waals surface area contributed by atoms with Crippen LogP contribution in [-0.4, -0.2) is 9.13 Å². The topological polar surface area (TPSA) is 46.8 Å². The molecule has 0 aliphatic carbocycles. The maximum atomic E-state index is 10.6. The van der Waals surface area contributed by atoms with Crippen LogP contribution in [0.15, 0.2) is 156 Å². The van der Waals surface area contributed by atoms with E-state index in [1.165, 1.54) is 21.5 Å². The number of benzene rings is 7. The Morgan fingerprint density at radius 1 is 0.447 bits per heavy atom. The second-order valence-corrected chi connectivity index (χ2v) is 12.0. The molecule has 0 aliphatic rings. The highest BCUT2D eigenvalue weighted by atomic mass is 16.3. The number of furan rings is 1. The first-order valence-electron chi connectivity index (χ1n) is 15.8. The van der Waals surface area contributed by atoms with Crippen LogP contribution in [0, 0.1) is 11.3 Å². The second kappa shape index (κ2) is 9.71. The zero-order valence-electron chi connectivity index (χ0n) is 25.2. The van der Waals surface area contributed by atoms with Crippen molar-refractivity contribution in [1.29, 1.82) is 5.26 Å². The summed E-state index contributed by atoms with van der Waals surface area (Å²) in [4.78, 5) is 0. The molecule has 47 heavy (non-hydrogen) atoms. The molecule has 0 bridgehead atoms. The summed E-state index contributed by atoms with van der Waals surface area (Å²) >= 11 is 0. The average molecular weight is 600 g/mol. The first kappa shape index (κ1) is 25.7. The van der Waals surface area contributed by atoms with Gasteiger partial charge in [0, 0.05) is 37.9 Å². The summed E-state index contributed by atoms with van der Waals surface area (Å²) in [7, 11) is 0. The number of nitrogens with zero attached hydrogens (tertiary/aromatic N) is 3. The number of aromatic nitrogens is 2. The van der Waals surface area contributed by atoms with Crippen LogP contribution in [0.4, 0.5) is 0 Å². The van der Waals surface area contributed by atoms with Crippen molar-refractivity contribution in [3.05, 3.63) is 157 Å². The minimum atomic E-state index is 0.623. The minimum Gasteiger partial charge on any atom is -0.456 e. The largest absolute Gasteiger partial charge is 0.456 e. The monoisotopic (exact) mass is 599 g/mol. The van der Waals surface area contributed by atoms with Gasteiger partial charge >= 0.3 is 0 Å². The molecule has 0 amide bonds. The molecule has 0 saturated heterocycles. The van der Waals surface area contributed by atoms with Gasteiger partial charge in [-0.3, -0.25) is 0 Å². The first-order chi connectivity index (χ1) is 23.3. The van der Waals surface area contributed by atoms with Crippen molar-refractivity contribution in [3.63, 3.8) is 0 Å². The fraction of sp³-hybridized carbons (Fsp3) is 0. The number of hydrogen-bond acceptors (Lipinski definition) is 2. The Bertz CT molecular complexity index is 2880. The maximum Gasteiger partial charge on any atom is 0.136 e. The van der Waals surface area contributed by atoms with Gasteiger partial charge in [-0.05, 0) is 60.2 Å². The van der Waals surface area contributed by atoms with Gasteiger partial charge in [0.05, 0.1) is 39.0 Å². The van der Waals surface area contributed by atoms with Crippen molar-refractivity contribution in [2.75, 3.05) is 0 Å². The van der Waals surface area contributed by atoms with Gasteiger partial charge in [-0.2, -0.15) is 5.26 Å². The molecule has 3 heterocycles. The molecule has 10 aromatic rings. The van der Waals surface area contributed by atoms with Gasteiger partial charge in [0.25, 0.3) is 0 Å². The van der Waals surface area contributed by atoms with E-state index in [4.69, 9.17) is 4.42 Å². The van der Waals surface area contributed by atoms with Crippen molar-refractivity contribution in [3.8, 4) is 28.6 Å². The van der Waals surface area contributed by atoms with Gasteiger partial charge in [-0.1, -0.05) is 97.1 Å². The molecule has 7 aromatic carbocycles. The quantitative estimate of drug-likeness (QED) is 0.203. The molecule has 0 aliphatic heterocycles. The van der Waals surface area contributed by atoms with E-state index < -0.39 is 0 Å². The van der Waals surface area contributed by atoms with Crippen LogP contribution in [0.25, 0.3) is 88.1 Å². The SMILES string of the molecule is N#Cc1cc(-c2ccccc2-n2c3ccccc3c3c4c(ccc32)oc2ccccc24)ccc1-n1c2ccccc2c2ccccc21. The van der Waals surface area contributed by atoms with Gasteiger partial charge in [0.1, 0.15) is 17.2 Å². The summed E-state index contributed by atoms with van der Waals surface area (Å²) in [6, 6.07) is 55.2. The van der Waals surface area contributed by atoms with E-state index >= 15 is 0 Å². The maximum absolute atomic E-state index is 10.6. The summed E-state index contributed by atoms with van der Waals surface area (Å²) in [5, 5.41) is 17.5. The smallest absolute Gasteiger partial charge is 0.136 e. The summed E-state index contributed by atoms with van der Waals surface area (Å²) in [5.74, 6) is 0. The number of hydrogen-bond donors (Lipinski definition) is 0. The highest BCUT2D eigenvalue weighted by Gasteiger charge is 2.21. The van der Waals surface area contributed by atoms with Crippen molar-refractivity contribution in [2.24, 2.45) is 0 Å². The lowest BCUT2D eigenvalue weighted by atomic mass is 10.00. The van der Waals surface area contributed by atoms with Crippen LogP contribution >= 0.6 is 0 Å². The minimum absolute atomic E-state index is 0.623. The third-order valence-electron chi connectivity index (χ3n) is 9.57. The molecule has 0 unspecified atom stereocenters. The lowest BCUT2D eigenvalue weighted by Crippen LogP contribution is -2.00. The Morgan fingerprint density at radius 2 is 1.04 bits per heavy atom. The summed E-state index contributed by atoms with van der Waals surface area (Å²) in [6.45, 7) is 0. The Hall–Kier alpha value is -6.57. The van der Waals surface area contributed by atoms with Crippen molar-refractivity contribution in [2.45, 2.75) is 0 Å². The predicted molar refractivity (Wildman–Crippen MR) is 193 cm³/mol. The molecule has 0 saturated carbocycles. The molecule has 4 heteroatoms. The molecule has 0 spiro atoms. The zero-order valence-corrected chi connectivity index (χ0v) is 25.2. The summed E-state index contributed by atoms with van der Waals surface area (Å²) < 4.78 is 10.9. The van der Waals surface area contributed by atoms with Gasteiger partial charge in [-0.25, -0.2) is 0 Å². The molecular formula is C43H25N3O. The van der Waals surface area contributed by atoms with E-state index in [0.717, 1.165) is 66.5 Å². The van der Waals surface area contributed by atoms with E-state index in [1.54, 1.807) is 0 Å². The van der Waals surface area contributed by atoms with Crippen LogP contribution in [0.5, 0.6) is 0 Å². The lowest BCUT2D eigenvalue weighted by Gasteiger charge is -2.16. The molecule has 4 nitrogen and oxygen atoms in total. The summed E-state index contributed by atoms with van der Waals surface area (Å²) in [6.07, 6.45) is 0. The predicted octanol–water partition coefficient (Wildman–Crippen LogP) is 11.3. The van der Waals surface area contributed by atoms with Crippen LogP contribution in [-0.2, 0) is 0 Å². The highest BCUT2D eigenvalue weighted by Crippen LogP contribution is 2.43. The Kier molecular flexibility index (Phi) is 5.32. The number of para-hydroxylation sites is 5. The molecule has 10 rings (SSSR count). The molecule has 3 aromatic heterocycles. The van der Waals surface area contributed by atoms with Crippen LogP contribution < -0.4 is 0 Å². The standard InChI is InChI=1S/C43H25N3O/c44-26-28-25-27(21-22-34(28)45-36-17-7-2-12-30(36)31-13-3-8-18-37(31)45)29-11-1-6-16-35(29)46-38-19-9-4-14-32(38)42-39(46)23-24-41-43(42)33-15-5-10-20-40(33)47-41/h1-25H. The summed E-state index contributed by atoms with van der Waals surface area (Å²) in [5.41, 5.74) is 10.8. The lowest BCUT2D eigenvalue weighted by molar-refractivity contribution is 0.669. The van der Waals surface area contributed by atoms with Crippen molar-refractivity contribution < 1.29 is 4.42 Å². The van der Waals surface area contributed by atoms with E-state index in [2.05, 4.69) is 149 Å². The van der Waals surface area contributed by atoms with Gasteiger partial charge < -0.3 is 13.6 Å². The number of fused-ring (bicyclic) bond motifs is 10. The third-order valence-corrected chi connectivity index (χ3v) is 9.57. The molecular weight excluding hydrogens is 574 g/mol. The van der Waals surface area contributed by atoms with Crippen molar-refractivity contribution >= 4 is 65.6 Å². The molecule has 0 N–H and O–H groups in total. The Balaban J connectivity index is 1.23. The van der Waals surface area contributed by atoms with E-state index in [1.807, 2.05) is 18.2 Å². The molecule has 0 atom stereocenters. The van der Waals surface area contributed by atoms with Crippen LogP contribution in [0.2, 0.25) is 0 Å². The van der Waals surface area contributed by atoms with E-state index in [0.29, 0.717) is 5.56 Å². The van der Waals surface area contributed by atoms with Gasteiger partial charge in [0.2, 0.25) is 0 Å². The fourth-order valence-corrected chi connectivity index (χ4v) is 7.62. The Morgan fingerprint density at radius 3 is 1.79 bits per heavy atom. The first-order valence-corrected chi connectivity index (χ1v) is 15.8. The zero-order chi connectivity index (χ0) is 31.1. The normalized spacial score (nSPS) is 11.8. The van der Waals surface area contributed by atoms with Crippen LogP contribution in [0.1, 0.15) is 5.56 Å². The molecule has 0 fully saturated rings. The van der Waals surface area contributed by atoms with Gasteiger partial charge in [-0.15, -0.1) is 0 Å². The fourth-order valence-electron chi connectivity index (χ4n) is 7.62.